The summed E-state index contributed by atoms with van der Waals surface area (Å²) in [6, 6.07) is 16.4. The van der Waals surface area contributed by atoms with Gasteiger partial charge in [0.15, 0.2) is 0 Å². The maximum atomic E-state index is 13.2. The second-order valence-corrected chi connectivity index (χ2v) is 8.62. The molecule has 1 aromatic heterocycles. The Bertz CT molecular complexity index is 1050. The summed E-state index contributed by atoms with van der Waals surface area (Å²) in [7, 11) is 4.06. The van der Waals surface area contributed by atoms with Crippen LogP contribution in [0.3, 0.4) is 0 Å². The van der Waals surface area contributed by atoms with E-state index in [1.807, 2.05) is 37.2 Å². The molecule has 1 aliphatic heterocycles. The SMILES string of the molecule is Cc1ccc2nc(C(=O)N3CCC(C)CC3)cc(Nc3ccc(N(C)C)cc3)c2c1. The van der Waals surface area contributed by atoms with E-state index in [2.05, 4.69) is 54.4 Å². The van der Waals surface area contributed by atoms with Crippen LogP contribution < -0.4 is 10.2 Å². The van der Waals surface area contributed by atoms with Gasteiger partial charge in [0, 0.05) is 43.9 Å². The number of aromatic nitrogens is 1. The van der Waals surface area contributed by atoms with Gasteiger partial charge in [-0.15, -0.1) is 0 Å². The first-order valence-electron chi connectivity index (χ1n) is 10.7. The van der Waals surface area contributed by atoms with Crippen molar-refractivity contribution in [3.8, 4) is 0 Å². The summed E-state index contributed by atoms with van der Waals surface area (Å²) in [5.41, 5.74) is 5.55. The third-order valence-electron chi connectivity index (χ3n) is 5.92. The van der Waals surface area contributed by atoms with Gasteiger partial charge in [0.25, 0.3) is 5.91 Å². The van der Waals surface area contributed by atoms with Crippen LogP contribution in [-0.2, 0) is 0 Å². The van der Waals surface area contributed by atoms with Gasteiger partial charge in [0.1, 0.15) is 5.69 Å². The predicted molar refractivity (Wildman–Crippen MR) is 125 cm³/mol. The average molecular weight is 403 g/mol. The van der Waals surface area contributed by atoms with E-state index in [0.717, 1.165) is 53.9 Å². The van der Waals surface area contributed by atoms with Crippen molar-refractivity contribution in [2.24, 2.45) is 5.92 Å². The maximum Gasteiger partial charge on any atom is 0.272 e. The number of rotatable bonds is 4. The van der Waals surface area contributed by atoms with Gasteiger partial charge < -0.3 is 15.1 Å². The Labute approximate surface area is 178 Å². The lowest BCUT2D eigenvalue weighted by Gasteiger charge is -2.30. The number of hydrogen-bond acceptors (Lipinski definition) is 4. The summed E-state index contributed by atoms with van der Waals surface area (Å²) < 4.78 is 0. The van der Waals surface area contributed by atoms with Crippen LogP contribution in [0.25, 0.3) is 10.9 Å². The highest BCUT2D eigenvalue weighted by molar-refractivity contribution is 6.00. The molecule has 0 bridgehead atoms. The molecule has 0 saturated carbocycles. The van der Waals surface area contributed by atoms with E-state index in [4.69, 9.17) is 4.98 Å². The first-order valence-corrected chi connectivity index (χ1v) is 10.7. The Hall–Kier alpha value is -3.08. The molecule has 1 fully saturated rings. The van der Waals surface area contributed by atoms with Gasteiger partial charge >= 0.3 is 0 Å². The summed E-state index contributed by atoms with van der Waals surface area (Å²) in [4.78, 5) is 21.9. The third kappa shape index (κ3) is 4.25. The molecule has 2 heterocycles. The van der Waals surface area contributed by atoms with Crippen molar-refractivity contribution >= 4 is 33.9 Å². The van der Waals surface area contributed by atoms with E-state index in [1.54, 1.807) is 0 Å². The molecule has 3 aromatic rings. The van der Waals surface area contributed by atoms with Gasteiger partial charge in [0.2, 0.25) is 0 Å². The number of benzene rings is 2. The van der Waals surface area contributed by atoms with Crippen molar-refractivity contribution in [1.82, 2.24) is 9.88 Å². The lowest BCUT2D eigenvalue weighted by Crippen LogP contribution is -2.38. The first kappa shape index (κ1) is 20.2. The number of aryl methyl sites for hydroxylation is 1. The van der Waals surface area contributed by atoms with Crippen molar-refractivity contribution in [1.29, 1.82) is 0 Å². The molecular formula is C25H30N4O. The highest BCUT2D eigenvalue weighted by Crippen LogP contribution is 2.29. The average Bonchev–Trinajstić information content (AvgIpc) is 2.74. The monoisotopic (exact) mass is 402 g/mol. The van der Waals surface area contributed by atoms with Gasteiger partial charge in [-0.25, -0.2) is 4.98 Å². The Balaban J connectivity index is 1.69. The number of carbonyl (C=O) groups excluding carboxylic acids is 1. The number of nitrogens with one attached hydrogen (secondary N) is 1. The zero-order chi connectivity index (χ0) is 21.3. The maximum absolute atomic E-state index is 13.2. The lowest BCUT2D eigenvalue weighted by atomic mass is 9.99. The van der Waals surface area contributed by atoms with Gasteiger partial charge in [-0.05, 0) is 68.1 Å². The standard InChI is InChI=1S/C25H30N4O/c1-17-11-13-29(14-12-17)25(30)24-16-23(21-15-18(2)5-10-22(21)27-24)26-19-6-8-20(9-7-19)28(3)4/h5-10,15-17H,11-14H2,1-4H3,(H,26,27). The third-order valence-corrected chi connectivity index (χ3v) is 5.92. The molecule has 0 aliphatic carbocycles. The van der Waals surface area contributed by atoms with Crippen LogP contribution in [0.15, 0.2) is 48.5 Å². The predicted octanol–water partition coefficient (Wildman–Crippen LogP) is 5.22. The minimum absolute atomic E-state index is 0.0235. The van der Waals surface area contributed by atoms with Crippen molar-refractivity contribution in [2.75, 3.05) is 37.4 Å². The quantitative estimate of drug-likeness (QED) is 0.650. The second-order valence-electron chi connectivity index (χ2n) is 8.62. The fourth-order valence-electron chi connectivity index (χ4n) is 3.92. The van der Waals surface area contributed by atoms with E-state index >= 15 is 0 Å². The Morgan fingerprint density at radius 1 is 1.07 bits per heavy atom. The molecule has 30 heavy (non-hydrogen) atoms. The van der Waals surface area contributed by atoms with Crippen LogP contribution in [0.2, 0.25) is 0 Å². The molecule has 2 aromatic carbocycles. The molecule has 0 atom stereocenters. The number of likely N-dealkylation sites (tertiary alicyclic amines) is 1. The molecule has 0 unspecified atom stereocenters. The zero-order valence-corrected chi connectivity index (χ0v) is 18.3. The molecule has 4 rings (SSSR count). The van der Waals surface area contributed by atoms with Gasteiger partial charge in [0.05, 0.1) is 11.2 Å². The van der Waals surface area contributed by atoms with Crippen molar-refractivity contribution < 1.29 is 4.79 Å². The minimum Gasteiger partial charge on any atom is -0.378 e. The van der Waals surface area contributed by atoms with Crippen LogP contribution >= 0.6 is 0 Å². The molecule has 5 nitrogen and oxygen atoms in total. The van der Waals surface area contributed by atoms with Crippen LogP contribution in [0.1, 0.15) is 35.8 Å². The number of anilines is 3. The van der Waals surface area contributed by atoms with Gasteiger partial charge in [-0.3, -0.25) is 4.79 Å². The summed E-state index contributed by atoms with van der Waals surface area (Å²) in [5, 5.41) is 4.54. The molecule has 1 saturated heterocycles. The normalized spacial score (nSPS) is 14.7. The molecule has 1 aliphatic rings. The van der Waals surface area contributed by atoms with E-state index in [-0.39, 0.29) is 5.91 Å². The van der Waals surface area contributed by atoms with Crippen LogP contribution in [-0.4, -0.2) is 43.0 Å². The fourth-order valence-corrected chi connectivity index (χ4v) is 3.92. The molecule has 5 heteroatoms. The molecule has 156 valence electrons. The van der Waals surface area contributed by atoms with Gasteiger partial charge in [-0.1, -0.05) is 18.6 Å². The fraction of sp³-hybridized carbons (Fsp3) is 0.360. The second kappa shape index (κ2) is 8.34. The molecule has 1 amide bonds. The molecule has 0 spiro atoms. The van der Waals surface area contributed by atoms with Crippen LogP contribution in [0.5, 0.6) is 0 Å². The number of hydrogen-bond donors (Lipinski definition) is 1. The molecule has 1 N–H and O–H groups in total. The lowest BCUT2D eigenvalue weighted by molar-refractivity contribution is 0.0691. The van der Waals surface area contributed by atoms with Crippen molar-refractivity contribution in [2.45, 2.75) is 26.7 Å². The Morgan fingerprint density at radius 3 is 2.43 bits per heavy atom. The first-order chi connectivity index (χ1) is 14.4. The van der Waals surface area contributed by atoms with Crippen LogP contribution in [0, 0.1) is 12.8 Å². The van der Waals surface area contributed by atoms with E-state index in [0.29, 0.717) is 11.6 Å². The summed E-state index contributed by atoms with van der Waals surface area (Å²) in [6.07, 6.45) is 2.11. The smallest absolute Gasteiger partial charge is 0.272 e. The van der Waals surface area contributed by atoms with Gasteiger partial charge in [-0.2, -0.15) is 0 Å². The highest BCUT2D eigenvalue weighted by atomic mass is 16.2. The molecular weight excluding hydrogens is 372 g/mol. The molecule has 0 radical (unpaired) electrons. The number of nitrogens with zero attached hydrogens (tertiary/aromatic N) is 3. The Morgan fingerprint density at radius 2 is 1.77 bits per heavy atom. The number of amides is 1. The van der Waals surface area contributed by atoms with Crippen molar-refractivity contribution in [3.05, 3.63) is 59.8 Å². The number of fused-ring (bicyclic) bond motifs is 1. The Kier molecular flexibility index (Phi) is 5.62. The topological polar surface area (TPSA) is 48.5 Å². The minimum atomic E-state index is 0.0235. The highest BCUT2D eigenvalue weighted by Gasteiger charge is 2.23. The van der Waals surface area contributed by atoms with Crippen molar-refractivity contribution in [3.63, 3.8) is 0 Å². The number of pyridine rings is 1. The van der Waals surface area contributed by atoms with E-state index in [1.165, 1.54) is 5.56 Å². The summed E-state index contributed by atoms with van der Waals surface area (Å²) in [5.74, 6) is 0.708. The summed E-state index contributed by atoms with van der Waals surface area (Å²) >= 11 is 0. The number of piperidine rings is 1. The summed E-state index contributed by atoms with van der Waals surface area (Å²) in [6.45, 7) is 5.94. The van der Waals surface area contributed by atoms with E-state index in [9.17, 15) is 4.79 Å². The largest absolute Gasteiger partial charge is 0.378 e. The van der Waals surface area contributed by atoms with Crippen LogP contribution in [0.4, 0.5) is 17.1 Å². The van der Waals surface area contributed by atoms with E-state index < -0.39 is 0 Å². The number of carbonyl (C=O) groups is 1. The zero-order valence-electron chi connectivity index (χ0n) is 18.3.